The van der Waals surface area contributed by atoms with Crippen LogP contribution in [0.5, 0.6) is 0 Å². The van der Waals surface area contributed by atoms with Crippen LogP contribution in [0.4, 0.5) is 5.69 Å². The molecule has 1 aliphatic rings. The van der Waals surface area contributed by atoms with Gasteiger partial charge in [-0.15, -0.1) is 21.5 Å². The highest BCUT2D eigenvalue weighted by Crippen LogP contribution is 2.38. The lowest BCUT2D eigenvalue weighted by atomic mass is 9.87. The smallest absolute Gasteiger partial charge is 0.160 e. The summed E-state index contributed by atoms with van der Waals surface area (Å²) >= 11 is 1.85. The van der Waals surface area contributed by atoms with Crippen molar-refractivity contribution < 1.29 is 0 Å². The van der Waals surface area contributed by atoms with Crippen LogP contribution in [0.25, 0.3) is 5.65 Å². The van der Waals surface area contributed by atoms with Crippen molar-refractivity contribution in [2.45, 2.75) is 25.2 Å². The number of aromatic nitrogens is 3. The van der Waals surface area contributed by atoms with E-state index < -0.39 is 0 Å². The van der Waals surface area contributed by atoms with E-state index in [1.165, 1.54) is 23.3 Å². The predicted octanol–water partition coefficient (Wildman–Crippen LogP) is 2.84. The monoisotopic (exact) mass is 270 g/mol. The lowest BCUT2D eigenvalue weighted by molar-refractivity contribution is 0.593. The SMILES string of the molecule is Nc1ccc2nnc(C3CCCc4sccc43)n2c1. The predicted molar refractivity (Wildman–Crippen MR) is 76.5 cm³/mol. The van der Waals surface area contributed by atoms with Gasteiger partial charge in [-0.1, -0.05) is 0 Å². The lowest BCUT2D eigenvalue weighted by Crippen LogP contribution is -2.12. The van der Waals surface area contributed by atoms with E-state index in [1.54, 1.807) is 0 Å². The minimum absolute atomic E-state index is 0.354. The van der Waals surface area contributed by atoms with Gasteiger partial charge in [0.05, 0.1) is 0 Å². The molecular formula is C14H14N4S. The van der Waals surface area contributed by atoms with Crippen molar-refractivity contribution in [3.05, 3.63) is 46.0 Å². The highest BCUT2D eigenvalue weighted by atomic mass is 32.1. The molecule has 3 aromatic heterocycles. The van der Waals surface area contributed by atoms with Crippen molar-refractivity contribution in [1.82, 2.24) is 14.6 Å². The number of rotatable bonds is 1. The Morgan fingerprint density at radius 3 is 3.16 bits per heavy atom. The minimum atomic E-state index is 0.354. The Kier molecular flexibility index (Phi) is 2.35. The molecule has 0 spiro atoms. The van der Waals surface area contributed by atoms with Gasteiger partial charge in [0.2, 0.25) is 0 Å². The fourth-order valence-corrected chi connectivity index (χ4v) is 3.90. The van der Waals surface area contributed by atoms with Gasteiger partial charge in [-0.25, -0.2) is 0 Å². The molecule has 96 valence electrons. The van der Waals surface area contributed by atoms with Gasteiger partial charge < -0.3 is 5.73 Å². The molecule has 5 heteroatoms. The van der Waals surface area contributed by atoms with Gasteiger partial charge in [-0.2, -0.15) is 0 Å². The molecule has 0 saturated heterocycles. The van der Waals surface area contributed by atoms with Crippen LogP contribution in [0.15, 0.2) is 29.8 Å². The van der Waals surface area contributed by atoms with Crippen LogP contribution in [0.1, 0.15) is 35.0 Å². The summed E-state index contributed by atoms with van der Waals surface area (Å²) in [7, 11) is 0. The number of hydrogen-bond donors (Lipinski definition) is 1. The lowest BCUT2D eigenvalue weighted by Gasteiger charge is -2.21. The fourth-order valence-electron chi connectivity index (χ4n) is 2.92. The molecule has 0 saturated carbocycles. The Hall–Kier alpha value is -1.88. The molecular weight excluding hydrogens is 256 g/mol. The number of fused-ring (bicyclic) bond motifs is 2. The van der Waals surface area contributed by atoms with Gasteiger partial charge in [0.15, 0.2) is 5.65 Å². The Morgan fingerprint density at radius 1 is 1.26 bits per heavy atom. The van der Waals surface area contributed by atoms with Gasteiger partial charge in [-0.05, 0) is 48.4 Å². The standard InChI is InChI=1S/C14H14N4S/c15-9-4-5-13-16-17-14(18(13)8-9)11-2-1-3-12-10(11)6-7-19-12/h4-8,11H,1-3,15H2. The first-order chi connectivity index (χ1) is 9.33. The van der Waals surface area contributed by atoms with E-state index in [1.807, 2.05) is 34.1 Å². The normalized spacial score (nSPS) is 18.6. The first kappa shape index (κ1) is 11.0. The van der Waals surface area contributed by atoms with Crippen LogP contribution in [0, 0.1) is 0 Å². The summed E-state index contributed by atoms with van der Waals surface area (Å²) in [6.07, 6.45) is 5.47. The second-order valence-corrected chi connectivity index (χ2v) is 5.99. The number of anilines is 1. The van der Waals surface area contributed by atoms with E-state index in [2.05, 4.69) is 21.6 Å². The molecule has 19 heavy (non-hydrogen) atoms. The maximum Gasteiger partial charge on any atom is 0.160 e. The molecule has 0 amide bonds. The third-order valence-electron chi connectivity index (χ3n) is 3.82. The van der Waals surface area contributed by atoms with Gasteiger partial charge in [-0.3, -0.25) is 4.40 Å². The first-order valence-electron chi connectivity index (χ1n) is 6.49. The first-order valence-corrected chi connectivity index (χ1v) is 7.37. The molecule has 0 bridgehead atoms. The van der Waals surface area contributed by atoms with Crippen molar-refractivity contribution >= 4 is 22.7 Å². The average molecular weight is 270 g/mol. The summed E-state index contributed by atoms with van der Waals surface area (Å²) in [5, 5.41) is 10.8. The second kappa shape index (κ2) is 4.06. The van der Waals surface area contributed by atoms with Crippen molar-refractivity contribution in [3.8, 4) is 0 Å². The highest BCUT2D eigenvalue weighted by Gasteiger charge is 2.26. The number of aryl methyl sites for hydroxylation is 1. The summed E-state index contributed by atoms with van der Waals surface area (Å²) in [5.41, 5.74) is 8.92. The molecule has 1 unspecified atom stereocenters. The fraction of sp³-hybridized carbons (Fsp3) is 0.286. The molecule has 2 N–H and O–H groups in total. The number of hydrogen-bond acceptors (Lipinski definition) is 4. The summed E-state index contributed by atoms with van der Waals surface area (Å²) in [5.74, 6) is 1.37. The molecule has 3 aromatic rings. The molecule has 1 atom stereocenters. The average Bonchev–Trinajstić information content (AvgIpc) is 3.03. The van der Waals surface area contributed by atoms with Crippen molar-refractivity contribution in [1.29, 1.82) is 0 Å². The molecule has 4 rings (SSSR count). The van der Waals surface area contributed by atoms with Crippen LogP contribution >= 0.6 is 11.3 Å². The molecule has 0 aromatic carbocycles. The summed E-state index contributed by atoms with van der Waals surface area (Å²) in [6, 6.07) is 6.02. The van der Waals surface area contributed by atoms with E-state index >= 15 is 0 Å². The van der Waals surface area contributed by atoms with Gasteiger partial charge >= 0.3 is 0 Å². The van der Waals surface area contributed by atoms with E-state index in [0.717, 1.165) is 23.6 Å². The molecule has 1 aliphatic carbocycles. The molecule has 0 aliphatic heterocycles. The van der Waals surface area contributed by atoms with E-state index in [9.17, 15) is 0 Å². The Bertz CT molecular complexity index is 743. The summed E-state index contributed by atoms with van der Waals surface area (Å²) in [4.78, 5) is 1.50. The van der Waals surface area contributed by atoms with Crippen molar-refractivity contribution in [3.63, 3.8) is 0 Å². The zero-order valence-corrected chi connectivity index (χ0v) is 11.2. The molecule has 3 heterocycles. The zero-order chi connectivity index (χ0) is 12.8. The topological polar surface area (TPSA) is 56.2 Å². The molecule has 4 nitrogen and oxygen atoms in total. The van der Waals surface area contributed by atoms with Gasteiger partial charge in [0.25, 0.3) is 0 Å². The Balaban J connectivity index is 1.90. The van der Waals surface area contributed by atoms with Crippen molar-refractivity contribution in [2.75, 3.05) is 5.73 Å². The second-order valence-electron chi connectivity index (χ2n) is 4.99. The van der Waals surface area contributed by atoms with Crippen LogP contribution in [0.2, 0.25) is 0 Å². The zero-order valence-electron chi connectivity index (χ0n) is 10.4. The van der Waals surface area contributed by atoms with Crippen LogP contribution in [-0.2, 0) is 6.42 Å². The number of nitrogens with two attached hydrogens (primary N) is 1. The third kappa shape index (κ3) is 1.65. The summed E-state index contributed by atoms with van der Waals surface area (Å²) in [6.45, 7) is 0. The number of pyridine rings is 1. The Morgan fingerprint density at radius 2 is 2.21 bits per heavy atom. The highest BCUT2D eigenvalue weighted by molar-refractivity contribution is 7.10. The third-order valence-corrected chi connectivity index (χ3v) is 4.81. The van der Waals surface area contributed by atoms with Crippen LogP contribution in [0.3, 0.4) is 0 Å². The number of nitrogens with zero attached hydrogens (tertiary/aromatic N) is 3. The van der Waals surface area contributed by atoms with Crippen LogP contribution in [-0.4, -0.2) is 14.6 Å². The van der Waals surface area contributed by atoms with Gasteiger partial charge in [0, 0.05) is 22.7 Å². The number of thiophene rings is 1. The maximum absolute atomic E-state index is 5.88. The van der Waals surface area contributed by atoms with E-state index in [-0.39, 0.29) is 0 Å². The molecule has 0 radical (unpaired) electrons. The number of nitrogen functional groups attached to an aromatic ring is 1. The van der Waals surface area contributed by atoms with E-state index in [0.29, 0.717) is 5.92 Å². The summed E-state index contributed by atoms with van der Waals surface area (Å²) < 4.78 is 2.03. The van der Waals surface area contributed by atoms with Crippen LogP contribution < -0.4 is 5.73 Å². The van der Waals surface area contributed by atoms with Gasteiger partial charge in [0.1, 0.15) is 5.82 Å². The largest absolute Gasteiger partial charge is 0.398 e. The Labute approximate surface area is 114 Å². The maximum atomic E-state index is 5.88. The van der Waals surface area contributed by atoms with E-state index in [4.69, 9.17) is 5.73 Å². The minimum Gasteiger partial charge on any atom is -0.398 e. The quantitative estimate of drug-likeness (QED) is 0.739. The van der Waals surface area contributed by atoms with Crippen molar-refractivity contribution in [2.24, 2.45) is 0 Å². The molecule has 0 fully saturated rings.